The zero-order valence-electron chi connectivity index (χ0n) is 18.2. The summed E-state index contributed by atoms with van der Waals surface area (Å²) in [4.78, 5) is 19.3. The molecule has 0 atom stereocenters. The van der Waals surface area contributed by atoms with Gasteiger partial charge in [0.05, 0.1) is 5.75 Å². The molecule has 0 saturated carbocycles. The Morgan fingerprint density at radius 3 is 2.44 bits per heavy atom. The lowest BCUT2D eigenvalue weighted by atomic mass is 10.2. The minimum Gasteiger partial charge on any atom is -0.312 e. The standard InChI is InChI=1S/C24H21F2N5OS2/c1-2-30(18-8-4-3-5-9-18)21(32)16-33-24-29-28-22(17-7-6-14-27-15-17)31(24)19-10-12-20(13-11-19)34-23(25)26/h3-15,23H,2,16H2,1H3. The van der Waals surface area contributed by atoms with E-state index in [-0.39, 0.29) is 11.7 Å². The average Bonchev–Trinajstić information content (AvgIpc) is 3.28. The predicted octanol–water partition coefficient (Wildman–Crippen LogP) is 5.79. The van der Waals surface area contributed by atoms with E-state index in [2.05, 4.69) is 15.2 Å². The van der Waals surface area contributed by atoms with Crippen molar-refractivity contribution in [1.82, 2.24) is 19.7 Å². The Labute approximate surface area is 204 Å². The monoisotopic (exact) mass is 497 g/mol. The van der Waals surface area contributed by atoms with Crippen molar-refractivity contribution in [1.29, 1.82) is 0 Å². The fourth-order valence-electron chi connectivity index (χ4n) is 3.37. The molecule has 0 saturated heterocycles. The summed E-state index contributed by atoms with van der Waals surface area (Å²) in [6, 6.07) is 19.9. The number of halogens is 2. The first kappa shape index (κ1) is 23.9. The molecule has 4 aromatic rings. The highest BCUT2D eigenvalue weighted by atomic mass is 32.2. The van der Waals surface area contributed by atoms with Gasteiger partial charge in [0, 0.05) is 40.8 Å². The van der Waals surface area contributed by atoms with Crippen LogP contribution >= 0.6 is 23.5 Å². The van der Waals surface area contributed by atoms with Crippen molar-refractivity contribution in [2.45, 2.75) is 22.7 Å². The number of para-hydroxylation sites is 1. The zero-order valence-corrected chi connectivity index (χ0v) is 19.8. The Bertz CT molecular complexity index is 1220. The summed E-state index contributed by atoms with van der Waals surface area (Å²) in [6.45, 7) is 2.47. The highest BCUT2D eigenvalue weighted by molar-refractivity contribution is 8.00. The molecule has 0 bridgehead atoms. The van der Waals surface area contributed by atoms with Gasteiger partial charge in [0.1, 0.15) is 0 Å². The maximum absolute atomic E-state index is 13.0. The Kier molecular flexibility index (Phi) is 7.91. The molecule has 174 valence electrons. The molecule has 0 fully saturated rings. The van der Waals surface area contributed by atoms with Gasteiger partial charge in [-0.15, -0.1) is 10.2 Å². The number of carbonyl (C=O) groups is 1. The van der Waals surface area contributed by atoms with Crippen LogP contribution in [0.25, 0.3) is 17.1 Å². The molecule has 4 rings (SSSR count). The Balaban J connectivity index is 1.62. The van der Waals surface area contributed by atoms with E-state index >= 15 is 0 Å². The number of aromatic nitrogens is 4. The van der Waals surface area contributed by atoms with Crippen LogP contribution in [0.4, 0.5) is 14.5 Å². The molecule has 0 aliphatic rings. The minimum atomic E-state index is -2.49. The lowest BCUT2D eigenvalue weighted by Crippen LogP contribution is -2.32. The third-order valence-electron chi connectivity index (χ3n) is 4.88. The van der Waals surface area contributed by atoms with Crippen LogP contribution in [0.15, 0.2) is 89.2 Å². The zero-order chi connectivity index (χ0) is 23.9. The smallest absolute Gasteiger partial charge is 0.288 e. The Hall–Kier alpha value is -3.24. The van der Waals surface area contributed by atoms with Crippen LogP contribution in [0.5, 0.6) is 0 Å². The van der Waals surface area contributed by atoms with Gasteiger partial charge in [0.25, 0.3) is 5.76 Å². The van der Waals surface area contributed by atoms with Crippen LogP contribution in [0.3, 0.4) is 0 Å². The molecule has 0 N–H and O–H groups in total. The molecule has 6 nitrogen and oxygen atoms in total. The van der Waals surface area contributed by atoms with Gasteiger partial charge < -0.3 is 4.90 Å². The Morgan fingerprint density at radius 1 is 1.03 bits per heavy atom. The largest absolute Gasteiger partial charge is 0.312 e. The van der Waals surface area contributed by atoms with Crippen LogP contribution in [0, 0.1) is 0 Å². The predicted molar refractivity (Wildman–Crippen MR) is 132 cm³/mol. The Morgan fingerprint density at radius 2 is 1.79 bits per heavy atom. The molecule has 1 amide bonds. The van der Waals surface area contributed by atoms with Gasteiger partial charge in [0.2, 0.25) is 5.91 Å². The first-order valence-corrected chi connectivity index (χ1v) is 12.3. The summed E-state index contributed by atoms with van der Waals surface area (Å²) in [5.74, 6) is -1.84. The van der Waals surface area contributed by atoms with Crippen LogP contribution < -0.4 is 4.90 Å². The van der Waals surface area contributed by atoms with E-state index < -0.39 is 5.76 Å². The molecule has 2 aromatic heterocycles. The number of alkyl halides is 2. The van der Waals surface area contributed by atoms with Gasteiger partial charge in [-0.05, 0) is 55.5 Å². The molecule has 10 heteroatoms. The number of thioether (sulfide) groups is 2. The molecule has 0 spiro atoms. The van der Waals surface area contributed by atoms with E-state index in [4.69, 9.17) is 0 Å². The number of hydrogen-bond donors (Lipinski definition) is 0. The first-order chi connectivity index (χ1) is 16.6. The van der Waals surface area contributed by atoms with E-state index in [9.17, 15) is 13.6 Å². The lowest BCUT2D eigenvalue weighted by molar-refractivity contribution is -0.116. The number of pyridine rings is 1. The van der Waals surface area contributed by atoms with E-state index in [0.717, 1.165) is 11.3 Å². The third-order valence-corrected chi connectivity index (χ3v) is 6.52. The molecule has 0 aliphatic carbocycles. The molecule has 0 unspecified atom stereocenters. The second-order valence-electron chi connectivity index (χ2n) is 7.02. The van der Waals surface area contributed by atoms with E-state index in [1.54, 1.807) is 47.6 Å². The van der Waals surface area contributed by atoms with Gasteiger partial charge >= 0.3 is 0 Å². The van der Waals surface area contributed by atoms with Crippen molar-refractivity contribution in [3.05, 3.63) is 79.1 Å². The van der Waals surface area contributed by atoms with Crippen LogP contribution in [0.1, 0.15) is 6.92 Å². The quantitative estimate of drug-likeness (QED) is 0.273. The molecular weight excluding hydrogens is 476 g/mol. The summed E-state index contributed by atoms with van der Waals surface area (Å²) >= 11 is 1.76. The van der Waals surface area contributed by atoms with Gasteiger partial charge in [-0.25, -0.2) is 0 Å². The number of hydrogen-bond acceptors (Lipinski definition) is 6. The van der Waals surface area contributed by atoms with Gasteiger partial charge in [-0.3, -0.25) is 14.3 Å². The minimum absolute atomic E-state index is 0.0557. The highest BCUT2D eigenvalue weighted by Crippen LogP contribution is 2.31. The summed E-state index contributed by atoms with van der Waals surface area (Å²) < 4.78 is 27.3. The van der Waals surface area contributed by atoms with Gasteiger partial charge in [0.15, 0.2) is 11.0 Å². The normalized spacial score (nSPS) is 11.1. The number of rotatable bonds is 9. The van der Waals surface area contributed by atoms with Crippen LogP contribution in [-0.2, 0) is 4.79 Å². The molecule has 0 radical (unpaired) electrons. The molecule has 2 aromatic carbocycles. The van der Waals surface area contributed by atoms with Crippen molar-refractivity contribution < 1.29 is 13.6 Å². The fourth-order valence-corrected chi connectivity index (χ4v) is 4.70. The van der Waals surface area contributed by atoms with Crippen LogP contribution in [-0.4, -0.2) is 43.7 Å². The van der Waals surface area contributed by atoms with Crippen molar-refractivity contribution >= 4 is 35.1 Å². The molecular formula is C24H21F2N5OS2. The number of nitrogens with zero attached hydrogens (tertiary/aromatic N) is 5. The summed E-state index contributed by atoms with van der Waals surface area (Å²) in [5.41, 5.74) is 2.28. The van der Waals surface area contributed by atoms with E-state index in [1.807, 2.05) is 47.9 Å². The van der Waals surface area contributed by atoms with Gasteiger partial charge in [-0.1, -0.05) is 41.7 Å². The summed E-state index contributed by atoms with van der Waals surface area (Å²) in [5, 5.41) is 9.18. The maximum Gasteiger partial charge on any atom is 0.288 e. The number of carbonyl (C=O) groups excluding carboxylic acids is 1. The molecule has 0 aliphatic heterocycles. The van der Waals surface area contributed by atoms with Crippen LogP contribution in [0.2, 0.25) is 0 Å². The lowest BCUT2D eigenvalue weighted by Gasteiger charge is -2.20. The molecule has 34 heavy (non-hydrogen) atoms. The number of amides is 1. The first-order valence-electron chi connectivity index (χ1n) is 10.5. The second-order valence-corrected chi connectivity index (χ2v) is 9.02. The van der Waals surface area contributed by atoms with Crippen molar-refractivity contribution in [2.75, 3.05) is 17.2 Å². The topological polar surface area (TPSA) is 63.9 Å². The van der Waals surface area contributed by atoms with Crippen molar-refractivity contribution in [2.24, 2.45) is 0 Å². The van der Waals surface area contributed by atoms with Crippen molar-refractivity contribution in [3.8, 4) is 17.1 Å². The third kappa shape index (κ3) is 5.63. The van der Waals surface area contributed by atoms with Gasteiger partial charge in [-0.2, -0.15) is 8.78 Å². The molecule has 2 heterocycles. The van der Waals surface area contributed by atoms with E-state index in [1.165, 1.54) is 11.8 Å². The highest BCUT2D eigenvalue weighted by Gasteiger charge is 2.20. The SMILES string of the molecule is CCN(C(=O)CSc1nnc(-c2cccnc2)n1-c1ccc(SC(F)F)cc1)c1ccccc1. The summed E-state index contributed by atoms with van der Waals surface area (Å²) in [6.07, 6.45) is 3.34. The second kappa shape index (κ2) is 11.3. The average molecular weight is 498 g/mol. The summed E-state index contributed by atoms with van der Waals surface area (Å²) in [7, 11) is 0. The maximum atomic E-state index is 13.0. The fraction of sp³-hybridized carbons (Fsp3) is 0.167. The van der Waals surface area contributed by atoms with E-state index in [0.29, 0.717) is 39.9 Å². The van der Waals surface area contributed by atoms with Crippen molar-refractivity contribution in [3.63, 3.8) is 0 Å². The number of benzene rings is 2. The number of anilines is 1.